The SMILES string of the molecule is CC(C)c1ccnc(-n2c3ccccc3c3ccc(Oc4cccc(-n5c[n+](C(C)C)c6ccccc65)c4)cc32)c1. The second-order valence-electron chi connectivity index (χ2n) is 11.2. The maximum atomic E-state index is 6.51. The van der Waals surface area contributed by atoms with Gasteiger partial charge in [0, 0.05) is 29.1 Å². The Bertz CT molecular complexity index is 2050. The number of aromatic nitrogens is 4. The summed E-state index contributed by atoms with van der Waals surface area (Å²) in [7, 11) is 0. The van der Waals surface area contributed by atoms with E-state index in [9.17, 15) is 0 Å². The van der Waals surface area contributed by atoms with Crippen molar-refractivity contribution in [2.24, 2.45) is 0 Å². The third-order valence-corrected chi connectivity index (χ3v) is 7.86. The first kappa shape index (κ1) is 25.1. The highest BCUT2D eigenvalue weighted by Gasteiger charge is 2.20. The zero-order valence-corrected chi connectivity index (χ0v) is 23.8. The summed E-state index contributed by atoms with van der Waals surface area (Å²) < 4.78 is 13.3. The fourth-order valence-corrected chi connectivity index (χ4v) is 5.76. The minimum Gasteiger partial charge on any atom is -0.457 e. The van der Waals surface area contributed by atoms with Gasteiger partial charge in [-0.2, -0.15) is 4.57 Å². The van der Waals surface area contributed by atoms with E-state index >= 15 is 0 Å². The van der Waals surface area contributed by atoms with Gasteiger partial charge in [0.15, 0.2) is 11.0 Å². The standard InChI is InChI=1S/C36H33N4O/c1-24(2)26-18-19-37-36(20-26)40-32-13-6-5-12-30(32)31-17-16-29(22-35(31)40)41-28-11-9-10-27(21-28)39-23-38(25(3)4)33-14-7-8-15-34(33)39/h5-25H,1-4H3/q+1. The number of rotatable bonds is 6. The van der Waals surface area contributed by atoms with E-state index in [1.54, 1.807) is 0 Å². The number of benzene rings is 4. The fraction of sp³-hybridized carbons (Fsp3) is 0.167. The van der Waals surface area contributed by atoms with Crippen LogP contribution in [0, 0.1) is 0 Å². The van der Waals surface area contributed by atoms with Crippen LogP contribution in [0.4, 0.5) is 0 Å². The Morgan fingerprint density at radius 2 is 1.44 bits per heavy atom. The number of hydrogen-bond acceptors (Lipinski definition) is 2. The summed E-state index contributed by atoms with van der Waals surface area (Å²) in [6.45, 7) is 8.84. The van der Waals surface area contributed by atoms with Crippen molar-refractivity contribution in [2.75, 3.05) is 0 Å². The van der Waals surface area contributed by atoms with Gasteiger partial charge in [0.2, 0.25) is 6.33 Å². The lowest BCUT2D eigenvalue weighted by atomic mass is 10.1. The summed E-state index contributed by atoms with van der Waals surface area (Å²) in [5, 5.41) is 2.38. The van der Waals surface area contributed by atoms with Crippen LogP contribution in [-0.4, -0.2) is 14.1 Å². The zero-order valence-electron chi connectivity index (χ0n) is 23.8. The molecule has 4 aromatic carbocycles. The van der Waals surface area contributed by atoms with Gasteiger partial charge in [0.25, 0.3) is 0 Å². The lowest BCUT2D eigenvalue weighted by Gasteiger charge is -2.11. The van der Waals surface area contributed by atoms with Crippen LogP contribution in [0.25, 0.3) is 44.3 Å². The molecule has 5 heteroatoms. The molecule has 5 nitrogen and oxygen atoms in total. The number of ether oxygens (including phenoxy) is 1. The highest BCUT2D eigenvalue weighted by Crippen LogP contribution is 2.35. The van der Waals surface area contributed by atoms with Gasteiger partial charge in [-0.3, -0.25) is 4.57 Å². The number of nitrogens with zero attached hydrogens (tertiary/aromatic N) is 4. The molecule has 0 spiro atoms. The van der Waals surface area contributed by atoms with Gasteiger partial charge in [-0.1, -0.05) is 50.2 Å². The van der Waals surface area contributed by atoms with Crippen LogP contribution < -0.4 is 9.30 Å². The molecular weight excluding hydrogens is 504 g/mol. The topological polar surface area (TPSA) is 35.9 Å². The van der Waals surface area contributed by atoms with Crippen LogP contribution in [0.15, 0.2) is 116 Å². The monoisotopic (exact) mass is 537 g/mol. The summed E-state index contributed by atoms with van der Waals surface area (Å²) in [6, 6.07) is 36.3. The number of para-hydroxylation sites is 3. The van der Waals surface area contributed by atoms with Crippen LogP contribution in [0.3, 0.4) is 0 Å². The maximum Gasteiger partial charge on any atom is 0.250 e. The Labute approximate surface area is 239 Å². The van der Waals surface area contributed by atoms with Gasteiger partial charge in [-0.05, 0) is 79.9 Å². The normalized spacial score (nSPS) is 11.9. The highest BCUT2D eigenvalue weighted by molar-refractivity contribution is 6.09. The van der Waals surface area contributed by atoms with Crippen molar-refractivity contribution in [1.82, 2.24) is 14.1 Å². The molecule has 7 rings (SSSR count). The second-order valence-corrected chi connectivity index (χ2v) is 11.2. The molecule has 0 N–H and O–H groups in total. The molecule has 0 aliphatic carbocycles. The van der Waals surface area contributed by atoms with Crippen molar-refractivity contribution >= 4 is 32.8 Å². The molecular formula is C36H33N4O+. The lowest BCUT2D eigenvalue weighted by molar-refractivity contribution is -0.691. The molecule has 3 heterocycles. The molecule has 41 heavy (non-hydrogen) atoms. The average molecular weight is 538 g/mol. The zero-order chi connectivity index (χ0) is 28.1. The maximum absolute atomic E-state index is 6.51. The quantitative estimate of drug-likeness (QED) is 0.199. The summed E-state index contributed by atoms with van der Waals surface area (Å²) in [6.07, 6.45) is 4.09. The molecule has 0 fully saturated rings. The van der Waals surface area contributed by atoms with Crippen LogP contribution in [-0.2, 0) is 0 Å². The number of imidazole rings is 1. The van der Waals surface area contributed by atoms with E-state index in [0.29, 0.717) is 12.0 Å². The van der Waals surface area contributed by atoms with Crippen molar-refractivity contribution in [1.29, 1.82) is 0 Å². The third kappa shape index (κ3) is 4.34. The predicted molar refractivity (Wildman–Crippen MR) is 167 cm³/mol. The van der Waals surface area contributed by atoms with Crippen LogP contribution in [0.2, 0.25) is 0 Å². The molecule has 0 aliphatic rings. The predicted octanol–water partition coefficient (Wildman–Crippen LogP) is 8.91. The summed E-state index contributed by atoms with van der Waals surface area (Å²) in [5.74, 6) is 2.91. The van der Waals surface area contributed by atoms with E-state index in [-0.39, 0.29) is 0 Å². The van der Waals surface area contributed by atoms with Gasteiger partial charge in [0.1, 0.15) is 23.0 Å². The Morgan fingerprint density at radius 1 is 0.683 bits per heavy atom. The molecule has 0 bridgehead atoms. The summed E-state index contributed by atoms with van der Waals surface area (Å²) >= 11 is 0. The van der Waals surface area contributed by atoms with E-state index < -0.39 is 0 Å². The van der Waals surface area contributed by atoms with E-state index in [2.05, 4.69) is 145 Å². The van der Waals surface area contributed by atoms with Crippen molar-refractivity contribution in [3.8, 4) is 23.0 Å². The van der Waals surface area contributed by atoms with Crippen LogP contribution >= 0.6 is 0 Å². The first-order valence-electron chi connectivity index (χ1n) is 14.3. The largest absolute Gasteiger partial charge is 0.457 e. The molecule has 7 aromatic rings. The van der Waals surface area contributed by atoms with E-state index in [1.807, 2.05) is 12.3 Å². The second kappa shape index (κ2) is 9.93. The molecule has 0 radical (unpaired) electrons. The van der Waals surface area contributed by atoms with Gasteiger partial charge in [-0.25, -0.2) is 9.55 Å². The fourth-order valence-electron chi connectivity index (χ4n) is 5.76. The van der Waals surface area contributed by atoms with Crippen molar-refractivity contribution in [3.63, 3.8) is 0 Å². The van der Waals surface area contributed by atoms with Crippen LogP contribution in [0.5, 0.6) is 11.5 Å². The van der Waals surface area contributed by atoms with Crippen molar-refractivity contribution in [2.45, 2.75) is 39.7 Å². The molecule has 0 amide bonds. The van der Waals surface area contributed by atoms with Gasteiger partial charge >= 0.3 is 0 Å². The van der Waals surface area contributed by atoms with E-state index in [4.69, 9.17) is 9.72 Å². The van der Waals surface area contributed by atoms with Gasteiger partial charge in [0.05, 0.1) is 17.1 Å². The summed E-state index contributed by atoms with van der Waals surface area (Å²) in [4.78, 5) is 4.78. The minimum atomic E-state index is 0.356. The Kier molecular flexibility index (Phi) is 6.08. The molecule has 0 saturated carbocycles. The molecule has 3 aromatic heterocycles. The Balaban J connectivity index is 1.32. The average Bonchev–Trinajstić information content (AvgIpc) is 3.54. The van der Waals surface area contributed by atoms with Gasteiger partial charge < -0.3 is 4.74 Å². The molecule has 0 aliphatic heterocycles. The number of hydrogen-bond donors (Lipinski definition) is 0. The smallest absolute Gasteiger partial charge is 0.250 e. The first-order valence-corrected chi connectivity index (χ1v) is 14.3. The third-order valence-electron chi connectivity index (χ3n) is 7.86. The molecule has 0 unspecified atom stereocenters. The number of fused-ring (bicyclic) bond motifs is 4. The highest BCUT2D eigenvalue weighted by atomic mass is 16.5. The Hall–Kier alpha value is -4.90. The van der Waals surface area contributed by atoms with Crippen molar-refractivity contribution in [3.05, 3.63) is 121 Å². The lowest BCUT2D eigenvalue weighted by Crippen LogP contribution is -2.34. The first-order chi connectivity index (χ1) is 20.0. The van der Waals surface area contributed by atoms with E-state index in [1.165, 1.54) is 27.4 Å². The molecule has 0 atom stereocenters. The van der Waals surface area contributed by atoms with E-state index in [0.717, 1.165) is 34.0 Å². The van der Waals surface area contributed by atoms with Crippen LogP contribution in [0.1, 0.15) is 45.2 Å². The minimum absolute atomic E-state index is 0.356. The van der Waals surface area contributed by atoms with Gasteiger partial charge in [-0.15, -0.1) is 0 Å². The number of pyridine rings is 1. The molecule has 0 saturated heterocycles. The van der Waals surface area contributed by atoms with Crippen molar-refractivity contribution < 1.29 is 9.30 Å². The Morgan fingerprint density at radius 3 is 2.27 bits per heavy atom. The summed E-state index contributed by atoms with van der Waals surface area (Å²) in [5.41, 5.74) is 6.91. The molecule has 202 valence electrons.